The molecular formula is C18H16FN5O2S. The number of H-pyrrole nitrogens is 1. The molecule has 0 spiro atoms. The lowest BCUT2D eigenvalue weighted by Gasteiger charge is -2.03. The third-order valence-corrected chi connectivity index (χ3v) is 4.25. The highest BCUT2D eigenvalue weighted by Gasteiger charge is 2.10. The van der Waals surface area contributed by atoms with Crippen LogP contribution < -0.4 is 10.6 Å². The Bertz CT molecular complexity index is 941. The summed E-state index contributed by atoms with van der Waals surface area (Å²) in [5.41, 5.74) is 2.02. The van der Waals surface area contributed by atoms with Crippen LogP contribution in [0.25, 0.3) is 11.4 Å². The van der Waals surface area contributed by atoms with E-state index in [0.29, 0.717) is 22.4 Å². The predicted molar refractivity (Wildman–Crippen MR) is 102 cm³/mol. The number of nitrogens with one attached hydrogen (secondary N) is 3. The Labute approximate surface area is 158 Å². The summed E-state index contributed by atoms with van der Waals surface area (Å²) in [6, 6.07) is 12.7. The number of hydrogen-bond donors (Lipinski definition) is 3. The lowest BCUT2D eigenvalue weighted by Crippen LogP contribution is -2.14. The fourth-order valence-corrected chi connectivity index (χ4v) is 2.81. The third kappa shape index (κ3) is 5.38. The third-order valence-electron chi connectivity index (χ3n) is 3.40. The molecule has 0 atom stereocenters. The molecule has 0 aliphatic rings. The highest BCUT2D eigenvalue weighted by molar-refractivity contribution is 7.99. The van der Waals surface area contributed by atoms with Crippen molar-refractivity contribution >= 4 is 35.0 Å². The van der Waals surface area contributed by atoms with Gasteiger partial charge < -0.3 is 10.6 Å². The first-order valence-corrected chi connectivity index (χ1v) is 8.97. The maximum Gasteiger partial charge on any atom is 0.234 e. The van der Waals surface area contributed by atoms with Crippen LogP contribution >= 0.6 is 11.8 Å². The summed E-state index contributed by atoms with van der Waals surface area (Å²) in [5.74, 6) is -0.0555. The van der Waals surface area contributed by atoms with E-state index < -0.39 is 0 Å². The maximum atomic E-state index is 12.9. The number of rotatable bonds is 6. The van der Waals surface area contributed by atoms with Crippen LogP contribution in [0, 0.1) is 5.82 Å². The van der Waals surface area contributed by atoms with E-state index in [-0.39, 0.29) is 23.4 Å². The summed E-state index contributed by atoms with van der Waals surface area (Å²) >= 11 is 1.18. The Morgan fingerprint density at radius 1 is 1.04 bits per heavy atom. The number of carbonyl (C=O) groups is 2. The van der Waals surface area contributed by atoms with Crippen LogP contribution in [0.5, 0.6) is 0 Å². The molecule has 2 amide bonds. The first kappa shape index (κ1) is 18.6. The van der Waals surface area contributed by atoms with Crippen molar-refractivity contribution in [3.63, 3.8) is 0 Å². The van der Waals surface area contributed by atoms with Gasteiger partial charge in [-0.1, -0.05) is 11.8 Å². The van der Waals surface area contributed by atoms with Gasteiger partial charge in [0.15, 0.2) is 5.82 Å². The van der Waals surface area contributed by atoms with Gasteiger partial charge in [0.05, 0.1) is 5.75 Å². The Kier molecular flexibility index (Phi) is 5.82. The van der Waals surface area contributed by atoms with E-state index in [4.69, 9.17) is 0 Å². The van der Waals surface area contributed by atoms with Gasteiger partial charge in [-0.15, -0.1) is 5.10 Å². The van der Waals surface area contributed by atoms with Gasteiger partial charge in [0.25, 0.3) is 0 Å². The molecule has 3 rings (SSSR count). The number of benzene rings is 2. The Hall–Kier alpha value is -3.20. The minimum absolute atomic E-state index is 0.121. The summed E-state index contributed by atoms with van der Waals surface area (Å²) in [6.45, 7) is 1.44. The van der Waals surface area contributed by atoms with E-state index in [1.54, 1.807) is 12.1 Å². The first-order valence-electron chi connectivity index (χ1n) is 7.98. The monoisotopic (exact) mass is 385 g/mol. The summed E-state index contributed by atoms with van der Waals surface area (Å²) in [6.07, 6.45) is 0. The van der Waals surface area contributed by atoms with Crippen molar-refractivity contribution in [1.29, 1.82) is 0 Å². The van der Waals surface area contributed by atoms with Gasteiger partial charge in [-0.3, -0.25) is 14.7 Å². The van der Waals surface area contributed by atoms with Crippen LogP contribution in [0.15, 0.2) is 53.7 Å². The zero-order valence-corrected chi connectivity index (χ0v) is 15.1. The van der Waals surface area contributed by atoms with Crippen molar-refractivity contribution in [2.45, 2.75) is 12.1 Å². The van der Waals surface area contributed by atoms with Gasteiger partial charge in [-0.25, -0.2) is 9.37 Å². The zero-order valence-electron chi connectivity index (χ0n) is 14.3. The number of carbonyl (C=O) groups excluding carboxylic acids is 2. The van der Waals surface area contributed by atoms with Gasteiger partial charge >= 0.3 is 0 Å². The van der Waals surface area contributed by atoms with Crippen molar-refractivity contribution in [3.05, 3.63) is 54.3 Å². The second-order valence-corrected chi connectivity index (χ2v) is 6.51. The molecule has 3 N–H and O–H groups in total. The lowest BCUT2D eigenvalue weighted by molar-refractivity contribution is -0.114. The molecule has 0 fully saturated rings. The SMILES string of the molecule is CC(=O)Nc1ccc(-c2nc(SCC(=O)Nc3ccc(F)cc3)n[nH]2)cc1. The summed E-state index contributed by atoms with van der Waals surface area (Å²) in [4.78, 5) is 27.3. The van der Waals surface area contributed by atoms with Gasteiger partial charge in [-0.05, 0) is 48.5 Å². The molecule has 2 aromatic carbocycles. The van der Waals surface area contributed by atoms with E-state index in [1.807, 2.05) is 12.1 Å². The second kappa shape index (κ2) is 8.45. The molecule has 0 saturated heterocycles. The molecule has 3 aromatic rings. The minimum Gasteiger partial charge on any atom is -0.326 e. The van der Waals surface area contributed by atoms with Crippen LogP contribution in [-0.2, 0) is 9.59 Å². The van der Waals surface area contributed by atoms with Gasteiger partial charge in [-0.2, -0.15) is 0 Å². The number of anilines is 2. The Morgan fingerprint density at radius 3 is 2.33 bits per heavy atom. The number of nitrogens with zero attached hydrogens (tertiary/aromatic N) is 2. The highest BCUT2D eigenvalue weighted by Crippen LogP contribution is 2.21. The van der Waals surface area contributed by atoms with E-state index in [1.165, 1.54) is 43.0 Å². The number of amides is 2. The van der Waals surface area contributed by atoms with E-state index in [9.17, 15) is 14.0 Å². The zero-order chi connectivity index (χ0) is 19.2. The van der Waals surface area contributed by atoms with Gasteiger partial charge in [0.2, 0.25) is 17.0 Å². The van der Waals surface area contributed by atoms with Crippen LogP contribution in [0.1, 0.15) is 6.92 Å². The van der Waals surface area contributed by atoms with E-state index in [2.05, 4.69) is 25.8 Å². The van der Waals surface area contributed by atoms with Crippen molar-refractivity contribution in [2.75, 3.05) is 16.4 Å². The topological polar surface area (TPSA) is 99.8 Å². The van der Waals surface area contributed by atoms with Crippen LogP contribution in [0.2, 0.25) is 0 Å². The van der Waals surface area contributed by atoms with Crippen molar-refractivity contribution in [3.8, 4) is 11.4 Å². The van der Waals surface area contributed by atoms with Crippen LogP contribution in [0.3, 0.4) is 0 Å². The Balaban J connectivity index is 1.55. The highest BCUT2D eigenvalue weighted by atomic mass is 32.2. The maximum absolute atomic E-state index is 12.9. The molecule has 7 nitrogen and oxygen atoms in total. The predicted octanol–water partition coefficient (Wildman–Crippen LogP) is 3.30. The van der Waals surface area contributed by atoms with Crippen LogP contribution in [-0.4, -0.2) is 32.7 Å². The number of halogens is 1. The van der Waals surface area contributed by atoms with Crippen molar-refractivity contribution < 1.29 is 14.0 Å². The molecule has 27 heavy (non-hydrogen) atoms. The number of aromatic amines is 1. The molecule has 0 aliphatic carbocycles. The molecule has 9 heteroatoms. The summed E-state index contributed by atoms with van der Waals surface area (Å²) < 4.78 is 12.9. The standard InChI is InChI=1S/C18H16FN5O2S/c1-11(25)20-14-6-2-12(3-7-14)17-22-18(24-23-17)27-10-16(26)21-15-8-4-13(19)5-9-15/h2-9H,10H2,1H3,(H,20,25)(H,21,26)(H,22,23,24). The molecule has 0 aliphatic heterocycles. The van der Waals surface area contributed by atoms with E-state index in [0.717, 1.165) is 5.56 Å². The molecule has 0 bridgehead atoms. The molecule has 0 unspecified atom stereocenters. The normalized spacial score (nSPS) is 10.4. The Morgan fingerprint density at radius 2 is 1.67 bits per heavy atom. The minimum atomic E-state index is -0.360. The molecule has 0 saturated carbocycles. The van der Waals surface area contributed by atoms with Crippen LogP contribution in [0.4, 0.5) is 15.8 Å². The molecule has 1 aromatic heterocycles. The second-order valence-electron chi connectivity index (χ2n) is 5.57. The largest absolute Gasteiger partial charge is 0.326 e. The number of thioether (sulfide) groups is 1. The number of aromatic nitrogens is 3. The average Bonchev–Trinajstić information content (AvgIpc) is 3.11. The fraction of sp³-hybridized carbons (Fsp3) is 0.111. The van der Waals surface area contributed by atoms with Gasteiger partial charge in [0.1, 0.15) is 5.82 Å². The first-order chi connectivity index (χ1) is 13.0. The summed E-state index contributed by atoms with van der Waals surface area (Å²) in [7, 11) is 0. The number of hydrogen-bond acceptors (Lipinski definition) is 5. The molecule has 0 radical (unpaired) electrons. The van der Waals surface area contributed by atoms with Crippen molar-refractivity contribution in [1.82, 2.24) is 15.2 Å². The van der Waals surface area contributed by atoms with Gasteiger partial charge in [0, 0.05) is 23.9 Å². The molecule has 138 valence electrons. The fourth-order valence-electron chi connectivity index (χ4n) is 2.22. The molecular weight excluding hydrogens is 369 g/mol. The summed E-state index contributed by atoms with van der Waals surface area (Å²) in [5, 5.41) is 12.7. The van der Waals surface area contributed by atoms with Crippen molar-refractivity contribution in [2.24, 2.45) is 0 Å². The van der Waals surface area contributed by atoms with E-state index >= 15 is 0 Å². The average molecular weight is 385 g/mol. The smallest absolute Gasteiger partial charge is 0.234 e. The molecule has 1 heterocycles. The lowest BCUT2D eigenvalue weighted by atomic mass is 10.2. The quantitative estimate of drug-likeness (QED) is 0.566.